The van der Waals surface area contributed by atoms with Crippen molar-refractivity contribution in [2.45, 2.75) is 12.5 Å². The van der Waals surface area contributed by atoms with Crippen molar-refractivity contribution >= 4 is 28.0 Å². The predicted octanol–water partition coefficient (Wildman–Crippen LogP) is 5.35. The number of carbonyl (C=O) groups excluding carboxylic acids is 1. The van der Waals surface area contributed by atoms with Crippen LogP contribution >= 0.6 is 11.3 Å². The third-order valence-electron chi connectivity index (χ3n) is 4.44. The van der Waals surface area contributed by atoms with Gasteiger partial charge in [0.25, 0.3) is 0 Å². The van der Waals surface area contributed by atoms with Crippen LogP contribution in [0.15, 0.2) is 90.3 Å². The van der Waals surface area contributed by atoms with Crippen molar-refractivity contribution in [2.24, 2.45) is 0 Å². The molecule has 0 saturated carbocycles. The molecule has 1 amide bonds. The van der Waals surface area contributed by atoms with Crippen LogP contribution in [0.2, 0.25) is 0 Å². The van der Waals surface area contributed by atoms with Gasteiger partial charge in [0.1, 0.15) is 0 Å². The van der Waals surface area contributed by atoms with Crippen molar-refractivity contribution in [3.05, 3.63) is 106 Å². The Hall–Kier alpha value is -2.91. The third-order valence-corrected chi connectivity index (χ3v) is 5.38. The highest BCUT2D eigenvalue weighted by atomic mass is 32.1. The fraction of sp³-hybridized carbons (Fsp3) is 0.0870. The van der Waals surface area contributed by atoms with Crippen LogP contribution in [-0.2, 0) is 11.2 Å². The molecule has 2 nitrogen and oxygen atoms in total. The summed E-state index contributed by atoms with van der Waals surface area (Å²) in [5.74, 6) is 0.0301. The van der Waals surface area contributed by atoms with Crippen molar-refractivity contribution in [3.63, 3.8) is 0 Å². The molecule has 3 aromatic carbocycles. The van der Waals surface area contributed by atoms with E-state index in [1.165, 1.54) is 5.39 Å². The summed E-state index contributed by atoms with van der Waals surface area (Å²) in [7, 11) is 0. The van der Waals surface area contributed by atoms with Crippen LogP contribution in [0.4, 0.5) is 0 Å². The first-order valence-corrected chi connectivity index (χ1v) is 9.53. The van der Waals surface area contributed by atoms with E-state index in [2.05, 4.69) is 47.8 Å². The SMILES string of the molecule is O=C(Cc1ccc2ccccc2c1)N[C@H](c1ccccc1)c1cccs1. The smallest absolute Gasteiger partial charge is 0.225 e. The minimum absolute atomic E-state index is 0.0301. The molecular weight excluding hydrogens is 338 g/mol. The molecule has 0 aliphatic carbocycles. The Morgan fingerprint density at radius 3 is 2.38 bits per heavy atom. The second-order valence-corrected chi connectivity index (χ2v) is 7.26. The molecule has 1 atom stereocenters. The summed E-state index contributed by atoms with van der Waals surface area (Å²) in [4.78, 5) is 13.9. The number of benzene rings is 3. The molecule has 4 rings (SSSR count). The summed E-state index contributed by atoms with van der Waals surface area (Å²) >= 11 is 1.66. The van der Waals surface area contributed by atoms with Gasteiger partial charge in [0.2, 0.25) is 5.91 Å². The highest BCUT2D eigenvalue weighted by Crippen LogP contribution is 2.26. The van der Waals surface area contributed by atoms with E-state index in [-0.39, 0.29) is 11.9 Å². The Kier molecular flexibility index (Phi) is 4.80. The van der Waals surface area contributed by atoms with Crippen molar-refractivity contribution in [1.29, 1.82) is 0 Å². The van der Waals surface area contributed by atoms with Gasteiger partial charge in [-0.25, -0.2) is 0 Å². The zero-order valence-corrected chi connectivity index (χ0v) is 15.1. The van der Waals surface area contributed by atoms with Crippen molar-refractivity contribution in [3.8, 4) is 0 Å². The van der Waals surface area contributed by atoms with Crippen LogP contribution < -0.4 is 5.32 Å². The lowest BCUT2D eigenvalue weighted by molar-refractivity contribution is -0.120. The average Bonchev–Trinajstić information content (AvgIpc) is 3.21. The van der Waals surface area contributed by atoms with Crippen LogP contribution in [0, 0.1) is 0 Å². The number of amides is 1. The largest absolute Gasteiger partial charge is 0.344 e. The van der Waals surface area contributed by atoms with Crippen LogP contribution in [0.5, 0.6) is 0 Å². The van der Waals surface area contributed by atoms with Gasteiger partial charge in [-0.15, -0.1) is 11.3 Å². The first kappa shape index (κ1) is 16.6. The minimum Gasteiger partial charge on any atom is -0.344 e. The molecule has 4 aromatic rings. The summed E-state index contributed by atoms with van der Waals surface area (Å²) in [6.45, 7) is 0. The van der Waals surface area contributed by atoms with E-state index in [1.54, 1.807) is 11.3 Å². The fourth-order valence-corrected chi connectivity index (χ4v) is 3.97. The summed E-state index contributed by atoms with van der Waals surface area (Å²) < 4.78 is 0. The van der Waals surface area contributed by atoms with Gasteiger partial charge in [-0.3, -0.25) is 4.79 Å². The van der Waals surface area contributed by atoms with Gasteiger partial charge in [0, 0.05) is 4.88 Å². The summed E-state index contributed by atoms with van der Waals surface area (Å²) in [5.41, 5.74) is 2.13. The highest BCUT2D eigenvalue weighted by molar-refractivity contribution is 7.10. The van der Waals surface area contributed by atoms with Gasteiger partial charge < -0.3 is 5.32 Å². The van der Waals surface area contributed by atoms with Gasteiger partial charge in [0.05, 0.1) is 12.5 Å². The van der Waals surface area contributed by atoms with E-state index in [1.807, 2.05) is 47.8 Å². The maximum Gasteiger partial charge on any atom is 0.225 e. The quantitative estimate of drug-likeness (QED) is 0.512. The van der Waals surface area contributed by atoms with E-state index < -0.39 is 0 Å². The van der Waals surface area contributed by atoms with Crippen molar-refractivity contribution in [1.82, 2.24) is 5.32 Å². The number of nitrogens with one attached hydrogen (secondary N) is 1. The Balaban J connectivity index is 1.54. The van der Waals surface area contributed by atoms with Crippen LogP contribution in [0.25, 0.3) is 10.8 Å². The van der Waals surface area contributed by atoms with Crippen LogP contribution in [-0.4, -0.2) is 5.91 Å². The first-order valence-electron chi connectivity index (χ1n) is 8.65. The number of thiophene rings is 1. The second kappa shape index (κ2) is 7.54. The van der Waals surface area contributed by atoms with E-state index in [9.17, 15) is 4.79 Å². The van der Waals surface area contributed by atoms with E-state index in [0.29, 0.717) is 6.42 Å². The number of hydrogen-bond donors (Lipinski definition) is 1. The summed E-state index contributed by atoms with van der Waals surface area (Å²) in [6, 6.07) is 28.5. The van der Waals surface area contributed by atoms with Gasteiger partial charge in [-0.1, -0.05) is 78.9 Å². The molecule has 26 heavy (non-hydrogen) atoms. The number of hydrogen-bond acceptors (Lipinski definition) is 2. The Morgan fingerprint density at radius 1 is 0.846 bits per heavy atom. The lowest BCUT2D eigenvalue weighted by Crippen LogP contribution is -2.30. The second-order valence-electron chi connectivity index (χ2n) is 6.28. The van der Waals surface area contributed by atoms with Gasteiger partial charge in [0.15, 0.2) is 0 Å². The Bertz CT molecular complexity index is 1010. The minimum atomic E-state index is -0.107. The van der Waals surface area contributed by atoms with Crippen LogP contribution in [0.1, 0.15) is 22.0 Å². The first-order chi connectivity index (χ1) is 12.8. The topological polar surface area (TPSA) is 29.1 Å². The fourth-order valence-electron chi connectivity index (χ4n) is 3.17. The molecule has 0 unspecified atom stereocenters. The molecule has 1 aromatic heterocycles. The van der Waals surface area contributed by atoms with Crippen molar-refractivity contribution in [2.75, 3.05) is 0 Å². The molecule has 3 heteroatoms. The van der Waals surface area contributed by atoms with E-state index in [4.69, 9.17) is 0 Å². The highest BCUT2D eigenvalue weighted by Gasteiger charge is 2.17. The lowest BCUT2D eigenvalue weighted by atomic mass is 10.0. The number of fused-ring (bicyclic) bond motifs is 1. The summed E-state index contributed by atoms with van der Waals surface area (Å²) in [5, 5.41) is 7.60. The Labute approximate surface area is 157 Å². The normalized spacial score (nSPS) is 12.0. The van der Waals surface area contributed by atoms with Gasteiger partial charge >= 0.3 is 0 Å². The monoisotopic (exact) mass is 357 g/mol. The molecule has 0 radical (unpaired) electrons. The summed E-state index contributed by atoms with van der Waals surface area (Å²) in [6.07, 6.45) is 0.375. The van der Waals surface area contributed by atoms with Crippen LogP contribution in [0.3, 0.4) is 0 Å². The van der Waals surface area contributed by atoms with Crippen molar-refractivity contribution < 1.29 is 4.79 Å². The molecule has 0 spiro atoms. The van der Waals surface area contributed by atoms with E-state index >= 15 is 0 Å². The number of rotatable bonds is 5. The zero-order valence-electron chi connectivity index (χ0n) is 14.3. The van der Waals surface area contributed by atoms with E-state index in [0.717, 1.165) is 21.4 Å². The Morgan fingerprint density at radius 2 is 1.62 bits per heavy atom. The maximum atomic E-state index is 12.7. The average molecular weight is 357 g/mol. The molecule has 128 valence electrons. The predicted molar refractivity (Wildman–Crippen MR) is 108 cm³/mol. The molecule has 0 aliphatic heterocycles. The third kappa shape index (κ3) is 3.68. The molecule has 0 fully saturated rings. The zero-order chi connectivity index (χ0) is 17.8. The lowest BCUT2D eigenvalue weighted by Gasteiger charge is -2.18. The molecule has 0 saturated heterocycles. The molecule has 0 bridgehead atoms. The molecule has 0 aliphatic rings. The van der Waals surface area contributed by atoms with Gasteiger partial charge in [-0.05, 0) is 33.3 Å². The van der Waals surface area contributed by atoms with Gasteiger partial charge in [-0.2, -0.15) is 0 Å². The maximum absolute atomic E-state index is 12.7. The molecular formula is C23H19NOS. The number of carbonyl (C=O) groups is 1. The molecule has 1 heterocycles. The molecule has 1 N–H and O–H groups in total. The standard InChI is InChI=1S/C23H19NOS/c25-22(16-17-12-13-18-7-4-5-10-20(18)15-17)24-23(21-11-6-14-26-21)19-8-2-1-3-9-19/h1-15,23H,16H2,(H,24,25)/t23-/m1/s1.